The lowest BCUT2D eigenvalue weighted by atomic mass is 10.1. The molecule has 10 nitrogen and oxygen atoms in total. The van der Waals surface area contributed by atoms with Crippen LogP contribution in [0.5, 0.6) is 11.5 Å². The molecule has 1 aliphatic rings. The lowest BCUT2D eigenvalue weighted by molar-refractivity contribution is -0.151. The van der Waals surface area contributed by atoms with Crippen LogP contribution in [0.25, 0.3) is 0 Å². The number of nitrogens with zero attached hydrogens (tertiary/aromatic N) is 2. The highest BCUT2D eigenvalue weighted by atomic mass is 16.5. The van der Waals surface area contributed by atoms with Crippen molar-refractivity contribution >= 4 is 29.3 Å². The van der Waals surface area contributed by atoms with E-state index in [4.69, 9.17) is 18.7 Å². The highest BCUT2D eigenvalue weighted by molar-refractivity contribution is 6.01. The van der Waals surface area contributed by atoms with E-state index in [1.165, 1.54) is 25.2 Å². The van der Waals surface area contributed by atoms with Gasteiger partial charge in [-0.15, -0.1) is 0 Å². The number of carbonyl (C=O) groups excluding carboxylic acids is 3. The summed E-state index contributed by atoms with van der Waals surface area (Å²) in [5, 5.41) is 6.07. The molecule has 1 aliphatic heterocycles. The number of nitrogens with one attached hydrogen (secondary N) is 1. The van der Waals surface area contributed by atoms with Crippen LogP contribution in [0.15, 0.2) is 28.8 Å². The summed E-state index contributed by atoms with van der Waals surface area (Å²) in [5.74, 6) is -0.289. The van der Waals surface area contributed by atoms with Crippen molar-refractivity contribution in [2.75, 3.05) is 37.6 Å². The third-order valence-corrected chi connectivity index (χ3v) is 4.38. The van der Waals surface area contributed by atoms with Gasteiger partial charge in [-0.3, -0.25) is 14.4 Å². The van der Waals surface area contributed by atoms with Gasteiger partial charge in [0, 0.05) is 25.1 Å². The first kappa shape index (κ1) is 20.2. The van der Waals surface area contributed by atoms with E-state index in [2.05, 4.69) is 10.5 Å². The van der Waals surface area contributed by atoms with Gasteiger partial charge >= 0.3 is 5.97 Å². The summed E-state index contributed by atoms with van der Waals surface area (Å²) in [7, 11) is 3.01. The van der Waals surface area contributed by atoms with Crippen molar-refractivity contribution in [2.45, 2.75) is 13.3 Å². The number of hydrogen-bond donors (Lipinski definition) is 1. The van der Waals surface area contributed by atoms with Crippen LogP contribution in [0, 0.1) is 12.8 Å². The monoisotopic (exact) mass is 403 g/mol. The fourth-order valence-corrected chi connectivity index (χ4v) is 2.96. The third kappa shape index (κ3) is 4.65. The van der Waals surface area contributed by atoms with E-state index in [0.29, 0.717) is 22.9 Å². The Morgan fingerprint density at radius 1 is 1.28 bits per heavy atom. The zero-order chi connectivity index (χ0) is 21.0. The van der Waals surface area contributed by atoms with Gasteiger partial charge in [0.2, 0.25) is 5.91 Å². The molecule has 1 N–H and O–H groups in total. The molecule has 0 bridgehead atoms. The first-order valence-corrected chi connectivity index (χ1v) is 8.83. The highest BCUT2D eigenvalue weighted by Crippen LogP contribution is 2.36. The smallest absolute Gasteiger partial charge is 0.311 e. The Labute approximate surface area is 166 Å². The van der Waals surface area contributed by atoms with E-state index < -0.39 is 24.4 Å². The molecular weight excluding hydrogens is 382 g/mol. The molecule has 0 saturated carbocycles. The van der Waals surface area contributed by atoms with Crippen LogP contribution >= 0.6 is 0 Å². The van der Waals surface area contributed by atoms with Crippen LogP contribution < -0.4 is 19.7 Å². The maximum Gasteiger partial charge on any atom is 0.311 e. The minimum absolute atomic E-state index is 0.0158. The van der Waals surface area contributed by atoms with E-state index in [1.807, 2.05) is 0 Å². The van der Waals surface area contributed by atoms with Gasteiger partial charge in [0.15, 0.2) is 12.4 Å². The molecule has 0 radical (unpaired) electrons. The molecule has 0 unspecified atom stereocenters. The molecule has 1 saturated heterocycles. The summed E-state index contributed by atoms with van der Waals surface area (Å²) in [6.07, 6.45) is -0.0158. The average Bonchev–Trinajstić information content (AvgIpc) is 3.30. The van der Waals surface area contributed by atoms with Gasteiger partial charge < -0.3 is 29.0 Å². The predicted molar refractivity (Wildman–Crippen MR) is 101 cm³/mol. The van der Waals surface area contributed by atoms with Gasteiger partial charge in [-0.05, 0) is 19.1 Å². The minimum Gasteiger partial charge on any atom is -0.497 e. The quantitative estimate of drug-likeness (QED) is 0.691. The van der Waals surface area contributed by atoms with Crippen molar-refractivity contribution < 1.29 is 33.1 Å². The number of esters is 1. The molecule has 0 aliphatic carbocycles. The second kappa shape index (κ2) is 8.63. The lowest BCUT2D eigenvalue weighted by Gasteiger charge is -2.20. The number of hydrogen-bond acceptors (Lipinski definition) is 8. The number of methoxy groups -OCH3 is 2. The highest BCUT2D eigenvalue weighted by Gasteiger charge is 2.37. The van der Waals surface area contributed by atoms with Crippen molar-refractivity contribution in [3.05, 3.63) is 30.0 Å². The Kier molecular flexibility index (Phi) is 6.01. The number of benzene rings is 1. The molecule has 2 amide bonds. The summed E-state index contributed by atoms with van der Waals surface area (Å²) in [4.78, 5) is 38.1. The predicted octanol–water partition coefficient (Wildman–Crippen LogP) is 1.54. The fourth-order valence-electron chi connectivity index (χ4n) is 2.96. The summed E-state index contributed by atoms with van der Waals surface area (Å²) in [6, 6.07) is 6.59. The molecule has 0 spiro atoms. The van der Waals surface area contributed by atoms with Gasteiger partial charge in [-0.1, -0.05) is 5.16 Å². The summed E-state index contributed by atoms with van der Waals surface area (Å²) >= 11 is 0. The minimum atomic E-state index is -0.684. The van der Waals surface area contributed by atoms with Gasteiger partial charge in [0.1, 0.15) is 17.3 Å². The summed E-state index contributed by atoms with van der Waals surface area (Å²) in [6.45, 7) is 1.33. The summed E-state index contributed by atoms with van der Waals surface area (Å²) < 4.78 is 20.4. The fraction of sp³-hybridized carbons (Fsp3) is 0.368. The zero-order valence-corrected chi connectivity index (χ0v) is 16.3. The number of ether oxygens (including phenoxy) is 3. The first-order chi connectivity index (χ1) is 13.9. The molecular formula is C19H21N3O7. The van der Waals surface area contributed by atoms with E-state index in [-0.39, 0.29) is 24.7 Å². The normalized spacial score (nSPS) is 15.9. The number of aryl methyl sites for hydroxylation is 1. The molecule has 2 heterocycles. The van der Waals surface area contributed by atoms with Gasteiger partial charge in [0.25, 0.3) is 5.91 Å². The molecule has 1 aromatic carbocycles. The second-order valence-corrected chi connectivity index (χ2v) is 6.42. The van der Waals surface area contributed by atoms with Crippen molar-refractivity contribution in [1.82, 2.24) is 5.16 Å². The lowest BCUT2D eigenvalue weighted by Crippen LogP contribution is -2.28. The van der Waals surface area contributed by atoms with E-state index in [9.17, 15) is 14.4 Å². The molecule has 29 heavy (non-hydrogen) atoms. The van der Waals surface area contributed by atoms with E-state index in [1.54, 1.807) is 25.1 Å². The van der Waals surface area contributed by atoms with Gasteiger partial charge in [-0.2, -0.15) is 0 Å². The van der Waals surface area contributed by atoms with E-state index >= 15 is 0 Å². The molecule has 3 rings (SSSR count). The number of aromatic nitrogens is 1. The van der Waals surface area contributed by atoms with Crippen molar-refractivity contribution in [3.63, 3.8) is 0 Å². The van der Waals surface area contributed by atoms with E-state index in [0.717, 1.165) is 0 Å². The standard InChI is InChI=1S/C19H21N3O7/c1-11-6-16(21-29-11)20-17(23)10-28-19(25)12-7-18(24)22(9-12)14-5-4-13(26-2)8-15(14)27-3/h4-6,8,12H,7,9-10H2,1-3H3,(H,20,21,23)/t12-/m0/s1. The number of amides is 2. The number of rotatable bonds is 7. The van der Waals surface area contributed by atoms with Crippen LogP contribution in [0.4, 0.5) is 11.5 Å². The second-order valence-electron chi connectivity index (χ2n) is 6.42. The largest absolute Gasteiger partial charge is 0.497 e. The van der Waals surface area contributed by atoms with Crippen LogP contribution in [-0.2, 0) is 19.1 Å². The Morgan fingerprint density at radius 3 is 2.72 bits per heavy atom. The maximum atomic E-state index is 12.4. The summed E-state index contributed by atoms with van der Waals surface area (Å²) in [5.41, 5.74) is 0.535. The van der Waals surface area contributed by atoms with Crippen molar-refractivity contribution in [3.8, 4) is 11.5 Å². The van der Waals surface area contributed by atoms with Gasteiger partial charge in [-0.25, -0.2) is 0 Å². The van der Waals surface area contributed by atoms with Crippen LogP contribution in [0.3, 0.4) is 0 Å². The first-order valence-electron chi connectivity index (χ1n) is 8.83. The van der Waals surface area contributed by atoms with Crippen LogP contribution in [-0.4, -0.2) is 50.3 Å². The maximum absolute atomic E-state index is 12.4. The average molecular weight is 403 g/mol. The molecule has 2 aromatic rings. The molecule has 154 valence electrons. The number of carbonyl (C=O) groups is 3. The molecule has 1 aromatic heterocycles. The molecule has 10 heteroatoms. The third-order valence-electron chi connectivity index (χ3n) is 4.38. The van der Waals surface area contributed by atoms with Crippen LogP contribution in [0.2, 0.25) is 0 Å². The Morgan fingerprint density at radius 2 is 2.07 bits per heavy atom. The van der Waals surface area contributed by atoms with Gasteiger partial charge in [0.05, 0.1) is 25.8 Å². The van der Waals surface area contributed by atoms with Crippen LogP contribution in [0.1, 0.15) is 12.2 Å². The molecule has 1 fully saturated rings. The van der Waals surface area contributed by atoms with Crippen molar-refractivity contribution in [2.24, 2.45) is 5.92 Å². The van der Waals surface area contributed by atoms with Crippen molar-refractivity contribution in [1.29, 1.82) is 0 Å². The zero-order valence-electron chi connectivity index (χ0n) is 16.3. The Bertz CT molecular complexity index is 924. The Balaban J connectivity index is 1.58. The topological polar surface area (TPSA) is 120 Å². The number of anilines is 2. The Hall–Kier alpha value is -3.56. The molecule has 1 atom stereocenters. The SMILES string of the molecule is COc1ccc(N2C[C@@H](C(=O)OCC(=O)Nc3cc(C)on3)CC2=O)c(OC)c1.